The highest BCUT2D eigenvalue weighted by molar-refractivity contribution is 7.90. The first-order valence-electron chi connectivity index (χ1n) is 8.61. The highest BCUT2D eigenvalue weighted by Gasteiger charge is 2.18. The number of fused-ring (bicyclic) bond motifs is 1. The van der Waals surface area contributed by atoms with Gasteiger partial charge in [0.05, 0.1) is 9.92 Å². The van der Waals surface area contributed by atoms with Gasteiger partial charge in [-0.25, -0.2) is 8.42 Å². The maximum absolute atomic E-state index is 13.4. The van der Waals surface area contributed by atoms with Gasteiger partial charge in [0.1, 0.15) is 5.75 Å². The molecule has 0 fully saturated rings. The molecule has 1 N–H and O–H groups in total. The lowest BCUT2D eigenvalue weighted by atomic mass is 10.00. The van der Waals surface area contributed by atoms with Crippen molar-refractivity contribution in [2.24, 2.45) is 0 Å². The predicted octanol–water partition coefficient (Wildman–Crippen LogP) is 5.36. The molecule has 0 aliphatic rings. The molecule has 0 spiro atoms. The standard InChI is InChI=1S/C22H15ClO4S2/c1-29(26,27)15-9-6-13(7-10-15)22-20(14-8-11-18(24)17(23)12-14)21(25)16-4-2-3-5-19(16)28-22/h2-12,24H,1H3. The van der Waals surface area contributed by atoms with Gasteiger partial charge in [-0.2, -0.15) is 0 Å². The van der Waals surface area contributed by atoms with Crippen molar-refractivity contribution in [1.82, 2.24) is 0 Å². The number of halogens is 1. The highest BCUT2D eigenvalue weighted by Crippen LogP contribution is 2.38. The zero-order chi connectivity index (χ0) is 20.8. The van der Waals surface area contributed by atoms with E-state index in [2.05, 4.69) is 0 Å². The molecular formula is C22H15ClO4S2. The van der Waals surface area contributed by atoms with E-state index in [1.54, 1.807) is 30.3 Å². The zero-order valence-electron chi connectivity index (χ0n) is 15.2. The van der Waals surface area contributed by atoms with Gasteiger partial charge < -0.3 is 5.11 Å². The van der Waals surface area contributed by atoms with Gasteiger partial charge in [0.25, 0.3) is 0 Å². The predicted molar refractivity (Wildman–Crippen MR) is 119 cm³/mol. The molecule has 4 aromatic rings. The molecule has 0 radical (unpaired) electrons. The number of hydrogen-bond acceptors (Lipinski definition) is 5. The van der Waals surface area contributed by atoms with Crippen LogP contribution in [0.1, 0.15) is 0 Å². The first-order valence-corrected chi connectivity index (χ1v) is 11.7. The van der Waals surface area contributed by atoms with Gasteiger partial charge in [0.15, 0.2) is 15.3 Å². The molecule has 1 aromatic heterocycles. The lowest BCUT2D eigenvalue weighted by Crippen LogP contribution is -2.06. The topological polar surface area (TPSA) is 71.4 Å². The average molecular weight is 443 g/mol. The van der Waals surface area contributed by atoms with Crippen LogP contribution in [0.15, 0.2) is 76.4 Å². The number of hydrogen-bond donors (Lipinski definition) is 1. The van der Waals surface area contributed by atoms with E-state index in [4.69, 9.17) is 11.6 Å². The SMILES string of the molecule is CS(=O)(=O)c1ccc(-c2sc3ccccc3c(=O)c2-c2ccc(O)c(Cl)c2)cc1. The highest BCUT2D eigenvalue weighted by atomic mass is 35.5. The summed E-state index contributed by atoms with van der Waals surface area (Å²) in [4.78, 5) is 14.3. The Kier molecular flexibility index (Phi) is 4.94. The Morgan fingerprint density at radius 1 is 0.931 bits per heavy atom. The smallest absolute Gasteiger partial charge is 0.196 e. The molecule has 146 valence electrons. The molecule has 0 aliphatic heterocycles. The van der Waals surface area contributed by atoms with Crippen molar-refractivity contribution in [3.8, 4) is 27.3 Å². The van der Waals surface area contributed by atoms with Crippen LogP contribution in [0.4, 0.5) is 0 Å². The molecule has 4 nitrogen and oxygen atoms in total. The quantitative estimate of drug-likeness (QED) is 0.463. The van der Waals surface area contributed by atoms with Gasteiger partial charge >= 0.3 is 0 Å². The van der Waals surface area contributed by atoms with E-state index in [9.17, 15) is 18.3 Å². The summed E-state index contributed by atoms with van der Waals surface area (Å²) in [5.41, 5.74) is 1.62. The molecule has 0 aliphatic carbocycles. The number of phenolic OH excluding ortho intramolecular Hbond substituents is 1. The first-order chi connectivity index (χ1) is 13.8. The minimum atomic E-state index is -3.32. The Hall–Kier alpha value is -2.67. The number of sulfone groups is 1. The van der Waals surface area contributed by atoms with Crippen LogP contribution in [0.3, 0.4) is 0 Å². The van der Waals surface area contributed by atoms with E-state index >= 15 is 0 Å². The van der Waals surface area contributed by atoms with Gasteiger partial charge in [-0.3, -0.25) is 4.79 Å². The maximum atomic E-state index is 13.4. The largest absolute Gasteiger partial charge is 0.506 e. The van der Waals surface area contributed by atoms with Crippen molar-refractivity contribution in [2.75, 3.05) is 6.26 Å². The van der Waals surface area contributed by atoms with E-state index in [-0.39, 0.29) is 21.1 Å². The third kappa shape index (κ3) is 3.67. The fourth-order valence-electron chi connectivity index (χ4n) is 3.12. The van der Waals surface area contributed by atoms with Crippen LogP contribution in [0, 0.1) is 0 Å². The van der Waals surface area contributed by atoms with Gasteiger partial charge in [-0.1, -0.05) is 41.9 Å². The molecule has 7 heteroatoms. The van der Waals surface area contributed by atoms with E-state index in [1.165, 1.54) is 29.5 Å². The fraction of sp³-hybridized carbons (Fsp3) is 0.0455. The monoisotopic (exact) mass is 442 g/mol. The summed E-state index contributed by atoms with van der Waals surface area (Å²) in [7, 11) is -3.32. The number of benzene rings is 3. The second-order valence-corrected chi connectivity index (χ2v) is 10.1. The molecule has 0 unspecified atom stereocenters. The summed E-state index contributed by atoms with van der Waals surface area (Å²) in [5, 5.41) is 10.5. The molecular weight excluding hydrogens is 428 g/mol. The average Bonchev–Trinajstić information content (AvgIpc) is 2.70. The van der Waals surface area contributed by atoms with Crippen molar-refractivity contribution in [3.05, 3.63) is 82.0 Å². The van der Waals surface area contributed by atoms with E-state index in [0.717, 1.165) is 16.5 Å². The number of aromatic hydroxyl groups is 1. The molecule has 0 atom stereocenters. The maximum Gasteiger partial charge on any atom is 0.196 e. The van der Waals surface area contributed by atoms with Crippen LogP contribution in [0.2, 0.25) is 5.02 Å². The van der Waals surface area contributed by atoms with Gasteiger partial charge in [0.2, 0.25) is 0 Å². The third-order valence-electron chi connectivity index (χ3n) is 4.58. The second-order valence-electron chi connectivity index (χ2n) is 6.59. The lowest BCUT2D eigenvalue weighted by molar-refractivity contribution is 0.475. The lowest BCUT2D eigenvalue weighted by Gasteiger charge is -2.12. The molecule has 0 saturated carbocycles. The van der Waals surface area contributed by atoms with Crippen LogP contribution in [-0.4, -0.2) is 19.8 Å². The van der Waals surface area contributed by atoms with Gasteiger partial charge in [0, 0.05) is 26.8 Å². The molecule has 0 amide bonds. The summed E-state index contributed by atoms with van der Waals surface area (Å²) >= 11 is 7.53. The molecule has 0 bridgehead atoms. The first kappa shape index (κ1) is 19.6. The van der Waals surface area contributed by atoms with Crippen LogP contribution < -0.4 is 5.43 Å². The van der Waals surface area contributed by atoms with Crippen LogP contribution >= 0.6 is 22.9 Å². The summed E-state index contributed by atoms with van der Waals surface area (Å²) in [5.74, 6) is -0.0635. The third-order valence-corrected chi connectivity index (χ3v) is 7.23. The Balaban J connectivity index is 2.04. The molecule has 1 heterocycles. The summed E-state index contributed by atoms with van der Waals surface area (Å²) in [6.07, 6.45) is 1.15. The number of rotatable bonds is 3. The van der Waals surface area contributed by atoms with E-state index in [0.29, 0.717) is 21.4 Å². The Morgan fingerprint density at radius 3 is 2.24 bits per heavy atom. The minimum Gasteiger partial charge on any atom is -0.506 e. The summed E-state index contributed by atoms with van der Waals surface area (Å²) < 4.78 is 24.4. The molecule has 0 saturated heterocycles. The zero-order valence-corrected chi connectivity index (χ0v) is 17.6. The van der Waals surface area contributed by atoms with Gasteiger partial charge in [-0.05, 0) is 47.5 Å². The minimum absolute atomic E-state index is 0.0635. The van der Waals surface area contributed by atoms with Crippen LogP contribution in [-0.2, 0) is 9.84 Å². The van der Waals surface area contributed by atoms with Crippen molar-refractivity contribution >= 4 is 42.9 Å². The molecule has 29 heavy (non-hydrogen) atoms. The second kappa shape index (κ2) is 7.30. The summed E-state index contributed by atoms with van der Waals surface area (Å²) in [6.45, 7) is 0. The van der Waals surface area contributed by atoms with Crippen molar-refractivity contribution in [2.45, 2.75) is 4.90 Å². The Morgan fingerprint density at radius 2 is 1.59 bits per heavy atom. The number of phenols is 1. The van der Waals surface area contributed by atoms with Crippen molar-refractivity contribution < 1.29 is 13.5 Å². The van der Waals surface area contributed by atoms with Crippen molar-refractivity contribution in [1.29, 1.82) is 0 Å². The summed E-state index contributed by atoms with van der Waals surface area (Å²) in [6, 6.07) is 18.4. The molecule has 4 rings (SSSR count). The van der Waals surface area contributed by atoms with Crippen LogP contribution in [0.5, 0.6) is 5.75 Å². The Labute approximate surface area is 176 Å². The van der Waals surface area contributed by atoms with E-state index < -0.39 is 9.84 Å². The van der Waals surface area contributed by atoms with E-state index in [1.807, 2.05) is 18.2 Å². The van der Waals surface area contributed by atoms with Crippen LogP contribution in [0.25, 0.3) is 31.7 Å². The normalized spacial score (nSPS) is 11.7. The Bertz CT molecular complexity index is 1410. The molecule has 3 aromatic carbocycles. The van der Waals surface area contributed by atoms with Gasteiger partial charge in [-0.15, -0.1) is 11.3 Å². The van der Waals surface area contributed by atoms with Crippen molar-refractivity contribution in [3.63, 3.8) is 0 Å². The fourth-order valence-corrected chi connectivity index (χ4v) is 5.14.